The highest BCUT2D eigenvalue weighted by molar-refractivity contribution is 7.12. The Bertz CT molecular complexity index is 1250. The number of anilines is 1. The summed E-state index contributed by atoms with van der Waals surface area (Å²) in [5.74, 6) is -0.413. The lowest BCUT2D eigenvalue weighted by molar-refractivity contribution is -0.117. The van der Waals surface area contributed by atoms with Crippen molar-refractivity contribution in [1.29, 1.82) is 0 Å². The van der Waals surface area contributed by atoms with Gasteiger partial charge in [-0.3, -0.25) is 14.5 Å². The highest BCUT2D eigenvalue weighted by Crippen LogP contribution is 2.45. The number of hydrogen-bond donors (Lipinski definition) is 1. The molecule has 0 bridgehead atoms. The predicted octanol–water partition coefficient (Wildman–Crippen LogP) is 5.21. The Morgan fingerprint density at radius 2 is 1.70 bits per heavy atom. The molecule has 4 rings (SSSR count). The maximum absolute atomic E-state index is 13.4. The Labute approximate surface area is 199 Å². The molecule has 9 heteroatoms. The summed E-state index contributed by atoms with van der Waals surface area (Å²) in [4.78, 5) is 28.4. The van der Waals surface area contributed by atoms with Crippen LogP contribution in [0, 0.1) is 0 Å². The van der Waals surface area contributed by atoms with E-state index in [4.69, 9.17) is 25.8 Å². The molecule has 1 unspecified atom stereocenters. The molecule has 33 heavy (non-hydrogen) atoms. The van der Waals surface area contributed by atoms with E-state index in [1.165, 1.54) is 37.6 Å². The van der Waals surface area contributed by atoms with Crippen LogP contribution in [0.4, 0.5) is 5.69 Å². The first-order valence-electron chi connectivity index (χ1n) is 9.81. The summed E-state index contributed by atoms with van der Waals surface area (Å²) in [6, 6.07) is 12.4. The first-order chi connectivity index (χ1) is 15.9. The normalized spacial score (nSPS) is 15.7. The van der Waals surface area contributed by atoms with Gasteiger partial charge in [-0.2, -0.15) is 0 Å². The number of benzene rings is 2. The molecule has 2 aromatic carbocycles. The average Bonchev–Trinajstić information content (AvgIpc) is 3.45. The minimum absolute atomic E-state index is 0.0263. The van der Waals surface area contributed by atoms with E-state index in [9.17, 15) is 14.7 Å². The van der Waals surface area contributed by atoms with Gasteiger partial charge in [0.25, 0.3) is 5.91 Å². The zero-order valence-electron chi connectivity index (χ0n) is 18.0. The van der Waals surface area contributed by atoms with Crippen LogP contribution in [0.1, 0.15) is 21.3 Å². The van der Waals surface area contributed by atoms with Crippen LogP contribution in [0.2, 0.25) is 5.02 Å². The number of methoxy groups -OCH3 is 3. The van der Waals surface area contributed by atoms with Crippen LogP contribution in [0.15, 0.2) is 65.2 Å². The van der Waals surface area contributed by atoms with Gasteiger partial charge < -0.3 is 19.3 Å². The molecule has 7 nitrogen and oxygen atoms in total. The molecule has 0 fully saturated rings. The van der Waals surface area contributed by atoms with Gasteiger partial charge >= 0.3 is 0 Å². The molecule has 0 radical (unpaired) electrons. The zero-order chi connectivity index (χ0) is 23.7. The Balaban J connectivity index is 1.91. The van der Waals surface area contributed by atoms with Crippen molar-refractivity contribution >= 4 is 40.3 Å². The Kier molecular flexibility index (Phi) is 6.31. The van der Waals surface area contributed by atoms with Crippen LogP contribution >= 0.6 is 22.9 Å². The Morgan fingerprint density at radius 3 is 2.30 bits per heavy atom. The van der Waals surface area contributed by atoms with Crippen molar-refractivity contribution in [2.75, 3.05) is 26.2 Å². The molecular weight excluding hydrogens is 466 g/mol. The number of ketones is 1. The first-order valence-corrected chi connectivity index (χ1v) is 11.1. The lowest BCUT2D eigenvalue weighted by atomic mass is 9.94. The molecule has 170 valence electrons. The van der Waals surface area contributed by atoms with Gasteiger partial charge in [-0.1, -0.05) is 23.7 Å². The topological polar surface area (TPSA) is 85.3 Å². The number of nitrogens with zero attached hydrogens (tertiary/aromatic N) is 1. The third kappa shape index (κ3) is 3.92. The van der Waals surface area contributed by atoms with E-state index < -0.39 is 23.5 Å². The van der Waals surface area contributed by atoms with Crippen molar-refractivity contribution in [2.45, 2.75) is 6.04 Å². The summed E-state index contributed by atoms with van der Waals surface area (Å²) in [5.41, 5.74) is 0.921. The number of ether oxygens (including phenoxy) is 3. The molecule has 3 aromatic rings. The van der Waals surface area contributed by atoms with Crippen LogP contribution in [-0.4, -0.2) is 38.1 Å². The fourth-order valence-corrected chi connectivity index (χ4v) is 4.72. The number of carbonyl (C=O) groups is 2. The summed E-state index contributed by atoms with van der Waals surface area (Å²) in [6.45, 7) is 0. The first kappa shape index (κ1) is 22.7. The van der Waals surface area contributed by atoms with Crippen molar-refractivity contribution in [1.82, 2.24) is 0 Å². The number of rotatable bonds is 7. The molecule has 2 heterocycles. The molecule has 0 spiro atoms. The molecule has 1 amide bonds. The maximum Gasteiger partial charge on any atom is 0.294 e. The number of hydrogen-bond acceptors (Lipinski definition) is 7. The fraction of sp³-hybridized carbons (Fsp3) is 0.167. The summed E-state index contributed by atoms with van der Waals surface area (Å²) < 4.78 is 15.9. The van der Waals surface area contributed by atoms with Gasteiger partial charge in [-0.05, 0) is 47.3 Å². The average molecular weight is 486 g/mol. The van der Waals surface area contributed by atoms with Gasteiger partial charge in [0.2, 0.25) is 5.78 Å². The SMILES string of the molecule is COc1ccc(N2C(=O)C(O)=C(C(=O)c3cccs3)C2c2ccc(OC)c(OC)c2)cc1Cl. The van der Waals surface area contributed by atoms with Crippen molar-refractivity contribution in [2.24, 2.45) is 0 Å². The van der Waals surface area contributed by atoms with Crippen LogP contribution in [0.5, 0.6) is 17.2 Å². The zero-order valence-corrected chi connectivity index (χ0v) is 19.6. The van der Waals surface area contributed by atoms with Gasteiger partial charge in [0, 0.05) is 5.69 Å². The third-order valence-corrected chi connectivity index (χ3v) is 6.50. The van der Waals surface area contributed by atoms with E-state index in [0.29, 0.717) is 33.4 Å². The Morgan fingerprint density at radius 1 is 1.00 bits per heavy atom. The van der Waals surface area contributed by atoms with Crippen LogP contribution in [0.25, 0.3) is 0 Å². The summed E-state index contributed by atoms with van der Waals surface area (Å²) in [5, 5.41) is 12.9. The second-order valence-corrected chi connectivity index (χ2v) is 8.43. The largest absolute Gasteiger partial charge is 0.503 e. The molecular formula is C24H20ClNO6S. The number of Topliss-reactive ketones (excluding diaryl/α,β-unsaturated/α-hetero) is 1. The van der Waals surface area contributed by atoms with Crippen LogP contribution < -0.4 is 19.1 Å². The maximum atomic E-state index is 13.4. The van der Waals surface area contributed by atoms with E-state index >= 15 is 0 Å². The van der Waals surface area contributed by atoms with E-state index in [2.05, 4.69) is 0 Å². The van der Waals surface area contributed by atoms with E-state index in [0.717, 1.165) is 0 Å². The number of aliphatic hydroxyl groups is 1. The van der Waals surface area contributed by atoms with Gasteiger partial charge in [0.15, 0.2) is 17.3 Å². The summed E-state index contributed by atoms with van der Waals surface area (Å²) >= 11 is 7.54. The van der Waals surface area contributed by atoms with Crippen molar-refractivity contribution in [3.63, 3.8) is 0 Å². The van der Waals surface area contributed by atoms with Crippen molar-refractivity contribution in [3.05, 3.63) is 80.7 Å². The summed E-state index contributed by atoms with van der Waals surface area (Å²) in [7, 11) is 4.49. The van der Waals surface area contributed by atoms with Gasteiger partial charge in [0.1, 0.15) is 5.75 Å². The van der Waals surface area contributed by atoms with E-state index in [1.54, 1.807) is 53.9 Å². The van der Waals surface area contributed by atoms with Gasteiger partial charge in [-0.25, -0.2) is 0 Å². The molecule has 1 aromatic heterocycles. The quantitative estimate of drug-likeness (QED) is 0.462. The Hall–Kier alpha value is -3.49. The summed E-state index contributed by atoms with van der Waals surface area (Å²) in [6.07, 6.45) is 0. The molecule has 1 aliphatic heterocycles. The van der Waals surface area contributed by atoms with Crippen LogP contribution in [0.3, 0.4) is 0 Å². The minimum atomic E-state index is -0.920. The van der Waals surface area contributed by atoms with Crippen LogP contribution in [-0.2, 0) is 4.79 Å². The van der Waals surface area contributed by atoms with E-state index in [-0.39, 0.29) is 10.6 Å². The molecule has 0 saturated carbocycles. The number of thiophene rings is 1. The van der Waals surface area contributed by atoms with Gasteiger partial charge in [0.05, 0.1) is 42.8 Å². The highest BCUT2D eigenvalue weighted by atomic mass is 35.5. The third-order valence-electron chi connectivity index (χ3n) is 5.33. The smallest absolute Gasteiger partial charge is 0.294 e. The number of aliphatic hydroxyl groups excluding tert-OH is 1. The molecule has 0 saturated heterocycles. The number of amides is 1. The monoisotopic (exact) mass is 485 g/mol. The molecule has 1 atom stereocenters. The number of carbonyl (C=O) groups excluding carboxylic acids is 2. The fourth-order valence-electron chi connectivity index (χ4n) is 3.79. The number of halogens is 1. The second-order valence-electron chi connectivity index (χ2n) is 7.08. The molecule has 1 N–H and O–H groups in total. The lowest BCUT2D eigenvalue weighted by Crippen LogP contribution is -2.31. The predicted molar refractivity (Wildman–Crippen MR) is 126 cm³/mol. The van der Waals surface area contributed by atoms with Crippen molar-refractivity contribution < 1.29 is 28.9 Å². The lowest BCUT2D eigenvalue weighted by Gasteiger charge is -2.27. The second kappa shape index (κ2) is 9.17. The van der Waals surface area contributed by atoms with Gasteiger partial charge in [-0.15, -0.1) is 11.3 Å². The van der Waals surface area contributed by atoms with Crippen molar-refractivity contribution in [3.8, 4) is 17.2 Å². The highest BCUT2D eigenvalue weighted by Gasteiger charge is 2.45. The molecule has 1 aliphatic rings. The minimum Gasteiger partial charge on any atom is -0.503 e. The molecule has 0 aliphatic carbocycles. The standard InChI is InChI=1S/C24H20ClNO6S/c1-30-16-9-7-14(12-15(16)25)26-21(13-6-8-17(31-2)18(11-13)32-3)20(23(28)24(26)29)22(27)19-5-4-10-33-19/h4-12,21,28H,1-3H3. The van der Waals surface area contributed by atoms with E-state index in [1.807, 2.05) is 0 Å².